The van der Waals surface area contributed by atoms with Gasteiger partial charge < -0.3 is 5.11 Å². The Bertz CT molecular complexity index is 110. The van der Waals surface area contributed by atoms with Crippen molar-refractivity contribution in [3.8, 4) is 6.07 Å². The van der Waals surface area contributed by atoms with Crippen LogP contribution in [0.5, 0.6) is 0 Å². The molecule has 0 aromatic heterocycles. The third-order valence-electron chi connectivity index (χ3n) is 0.560. The minimum absolute atomic E-state index is 0.0203. The van der Waals surface area contributed by atoms with E-state index in [2.05, 4.69) is 0 Å². The van der Waals surface area contributed by atoms with Gasteiger partial charge in [0.15, 0.2) is 0 Å². The van der Waals surface area contributed by atoms with Gasteiger partial charge in [-0.3, -0.25) is 0 Å². The van der Waals surface area contributed by atoms with E-state index in [-0.39, 0.29) is 6.61 Å². The summed E-state index contributed by atoms with van der Waals surface area (Å²) in [6, 6.07) is 1.80. The van der Waals surface area contributed by atoms with Crippen molar-refractivity contribution in [1.29, 1.82) is 5.26 Å². The molecule has 0 heterocycles. The van der Waals surface area contributed by atoms with Crippen molar-refractivity contribution in [1.82, 2.24) is 0 Å². The van der Waals surface area contributed by atoms with Gasteiger partial charge in [-0.2, -0.15) is 5.26 Å². The molecule has 0 fully saturated rings. The molecule has 0 aromatic carbocycles. The van der Waals surface area contributed by atoms with Crippen LogP contribution in [0.1, 0.15) is 6.92 Å². The zero-order chi connectivity index (χ0) is 5.70. The monoisotopic (exact) mass is 97.1 g/mol. The summed E-state index contributed by atoms with van der Waals surface area (Å²) >= 11 is 0. The minimum Gasteiger partial charge on any atom is -0.392 e. The molecular formula is C5H7NO. The summed E-state index contributed by atoms with van der Waals surface area (Å²) in [5.74, 6) is 0. The van der Waals surface area contributed by atoms with Crippen molar-refractivity contribution < 1.29 is 5.11 Å². The highest BCUT2D eigenvalue weighted by atomic mass is 16.3. The molecule has 0 rings (SSSR count). The maximum atomic E-state index is 8.25. The molecule has 0 aliphatic carbocycles. The van der Waals surface area contributed by atoms with Crippen LogP contribution in [0.2, 0.25) is 0 Å². The van der Waals surface area contributed by atoms with Crippen molar-refractivity contribution in [2.75, 3.05) is 6.61 Å². The Morgan fingerprint density at radius 2 is 2.57 bits per heavy atom. The molecule has 0 saturated carbocycles. The van der Waals surface area contributed by atoms with Crippen molar-refractivity contribution in [2.45, 2.75) is 6.92 Å². The average molecular weight is 97.1 g/mol. The zero-order valence-corrected chi connectivity index (χ0v) is 4.18. The molecule has 0 saturated heterocycles. The van der Waals surface area contributed by atoms with Crippen molar-refractivity contribution in [3.05, 3.63) is 11.6 Å². The number of rotatable bonds is 1. The van der Waals surface area contributed by atoms with E-state index in [1.807, 2.05) is 0 Å². The van der Waals surface area contributed by atoms with Gasteiger partial charge in [0, 0.05) is 6.08 Å². The number of nitriles is 1. The quantitative estimate of drug-likeness (QED) is 0.483. The van der Waals surface area contributed by atoms with Crippen LogP contribution >= 0.6 is 0 Å². The largest absolute Gasteiger partial charge is 0.392 e. The van der Waals surface area contributed by atoms with Gasteiger partial charge in [-0.15, -0.1) is 0 Å². The van der Waals surface area contributed by atoms with Crippen LogP contribution in [0.3, 0.4) is 0 Å². The molecule has 38 valence electrons. The van der Waals surface area contributed by atoms with Gasteiger partial charge in [0.05, 0.1) is 12.7 Å². The maximum absolute atomic E-state index is 8.25. The third-order valence-corrected chi connectivity index (χ3v) is 0.560. The molecule has 0 unspecified atom stereocenters. The van der Waals surface area contributed by atoms with Crippen LogP contribution in [-0.4, -0.2) is 11.7 Å². The van der Waals surface area contributed by atoms with Crippen molar-refractivity contribution in [3.63, 3.8) is 0 Å². The maximum Gasteiger partial charge on any atom is 0.0912 e. The minimum atomic E-state index is -0.0203. The lowest BCUT2D eigenvalue weighted by Gasteiger charge is -1.83. The van der Waals surface area contributed by atoms with Crippen molar-refractivity contribution >= 4 is 0 Å². The van der Waals surface area contributed by atoms with Crippen molar-refractivity contribution in [2.24, 2.45) is 0 Å². The number of aliphatic hydroxyl groups excluding tert-OH is 1. The Morgan fingerprint density at radius 1 is 2.00 bits per heavy atom. The predicted octanol–water partition coefficient (Wildman–Crippen LogP) is 0.449. The summed E-state index contributed by atoms with van der Waals surface area (Å²) in [5.41, 5.74) is 0.697. The highest BCUT2D eigenvalue weighted by Crippen LogP contribution is 1.84. The van der Waals surface area contributed by atoms with E-state index in [0.717, 1.165) is 0 Å². The number of aliphatic hydroxyl groups is 1. The van der Waals surface area contributed by atoms with Gasteiger partial charge in [0.2, 0.25) is 0 Å². The smallest absolute Gasteiger partial charge is 0.0912 e. The first-order valence-electron chi connectivity index (χ1n) is 1.97. The number of nitrogens with zero attached hydrogens (tertiary/aromatic N) is 1. The van der Waals surface area contributed by atoms with E-state index in [1.54, 1.807) is 13.0 Å². The Labute approximate surface area is 42.7 Å². The first-order chi connectivity index (χ1) is 3.31. The van der Waals surface area contributed by atoms with Gasteiger partial charge in [-0.25, -0.2) is 0 Å². The summed E-state index contributed by atoms with van der Waals surface area (Å²) in [6.45, 7) is 1.68. The average Bonchev–Trinajstić information content (AvgIpc) is 1.68. The summed E-state index contributed by atoms with van der Waals surface area (Å²) in [7, 11) is 0. The van der Waals surface area contributed by atoms with E-state index in [0.29, 0.717) is 5.57 Å². The van der Waals surface area contributed by atoms with Crippen LogP contribution in [0, 0.1) is 11.3 Å². The van der Waals surface area contributed by atoms with Crippen LogP contribution < -0.4 is 0 Å². The van der Waals surface area contributed by atoms with Gasteiger partial charge >= 0.3 is 0 Å². The fourth-order valence-electron chi connectivity index (χ4n) is 0.156. The lowest BCUT2D eigenvalue weighted by molar-refractivity contribution is 0.331. The number of hydrogen-bond donors (Lipinski definition) is 1. The molecule has 0 aliphatic rings. The molecule has 1 N–H and O–H groups in total. The molecule has 0 amide bonds. The second-order valence-corrected chi connectivity index (χ2v) is 1.28. The van der Waals surface area contributed by atoms with E-state index in [4.69, 9.17) is 10.4 Å². The number of hydrogen-bond acceptors (Lipinski definition) is 2. The van der Waals surface area contributed by atoms with Gasteiger partial charge in [-0.05, 0) is 12.5 Å². The van der Waals surface area contributed by atoms with E-state index in [1.165, 1.54) is 6.08 Å². The van der Waals surface area contributed by atoms with Gasteiger partial charge in [0.1, 0.15) is 0 Å². The predicted molar refractivity (Wildman–Crippen MR) is 26.5 cm³/mol. The SMILES string of the molecule is CC(=CC#N)CO. The summed E-state index contributed by atoms with van der Waals surface area (Å²) in [6.07, 6.45) is 1.32. The lowest BCUT2D eigenvalue weighted by Crippen LogP contribution is -1.80. The first-order valence-corrected chi connectivity index (χ1v) is 1.97. The fraction of sp³-hybridized carbons (Fsp3) is 0.400. The van der Waals surface area contributed by atoms with E-state index >= 15 is 0 Å². The summed E-state index contributed by atoms with van der Waals surface area (Å²) in [5, 5.41) is 16.2. The van der Waals surface area contributed by atoms with E-state index in [9.17, 15) is 0 Å². The molecule has 0 bridgehead atoms. The standard InChI is InChI=1S/C5H7NO/c1-5(4-7)2-3-6/h2,7H,4H2,1H3. The molecule has 2 nitrogen and oxygen atoms in total. The Hall–Kier alpha value is -0.810. The molecule has 0 aliphatic heterocycles. The molecule has 2 heteroatoms. The third kappa shape index (κ3) is 3.01. The van der Waals surface area contributed by atoms with Crippen LogP contribution in [-0.2, 0) is 0 Å². The summed E-state index contributed by atoms with van der Waals surface area (Å²) < 4.78 is 0. The summed E-state index contributed by atoms with van der Waals surface area (Å²) in [4.78, 5) is 0. The lowest BCUT2D eigenvalue weighted by atomic mass is 10.3. The van der Waals surface area contributed by atoms with Gasteiger partial charge in [0.25, 0.3) is 0 Å². The zero-order valence-electron chi connectivity index (χ0n) is 4.18. The van der Waals surface area contributed by atoms with E-state index < -0.39 is 0 Å². The normalized spacial score (nSPS) is 10.7. The second kappa shape index (κ2) is 3.38. The first kappa shape index (κ1) is 6.19. The Balaban J connectivity index is 3.56. The van der Waals surface area contributed by atoms with Gasteiger partial charge in [-0.1, -0.05) is 0 Å². The number of allylic oxidation sites excluding steroid dienone is 1. The molecule has 0 spiro atoms. The Kier molecular flexibility index (Phi) is 2.99. The molecular weight excluding hydrogens is 90.1 g/mol. The fourth-order valence-corrected chi connectivity index (χ4v) is 0.156. The van der Waals surface area contributed by atoms with Crippen LogP contribution in [0.25, 0.3) is 0 Å². The highest BCUT2D eigenvalue weighted by Gasteiger charge is 1.78. The highest BCUT2D eigenvalue weighted by molar-refractivity contribution is 5.10. The molecule has 0 radical (unpaired) electrons. The molecule has 0 atom stereocenters. The molecule has 7 heavy (non-hydrogen) atoms. The van der Waals surface area contributed by atoms with Crippen LogP contribution in [0.4, 0.5) is 0 Å². The second-order valence-electron chi connectivity index (χ2n) is 1.28. The van der Waals surface area contributed by atoms with Crippen LogP contribution in [0.15, 0.2) is 11.6 Å². The molecule has 0 aromatic rings. The topological polar surface area (TPSA) is 44.0 Å². The Morgan fingerprint density at radius 3 is 2.71 bits per heavy atom.